The van der Waals surface area contributed by atoms with E-state index in [1.807, 2.05) is 0 Å². The van der Waals surface area contributed by atoms with E-state index < -0.39 is 11.6 Å². The summed E-state index contributed by atoms with van der Waals surface area (Å²) in [7, 11) is 0. The number of nitriles is 1. The molecule has 0 atom stereocenters. The van der Waals surface area contributed by atoms with Crippen LogP contribution < -0.4 is 0 Å². The van der Waals surface area contributed by atoms with Crippen LogP contribution in [-0.4, -0.2) is 11.6 Å². The van der Waals surface area contributed by atoms with Gasteiger partial charge in [0.1, 0.15) is 17.2 Å². The number of ether oxygens (including phenoxy) is 1. The van der Waals surface area contributed by atoms with Gasteiger partial charge in [-0.2, -0.15) is 5.26 Å². The van der Waals surface area contributed by atoms with Crippen LogP contribution in [0.2, 0.25) is 0 Å². The first kappa shape index (κ1) is 9.70. The van der Waals surface area contributed by atoms with Gasteiger partial charge in [-0.05, 0) is 20.8 Å². The lowest BCUT2D eigenvalue weighted by atomic mass is 10.2. The fourth-order valence-electron chi connectivity index (χ4n) is 0.385. The molecule has 0 aliphatic carbocycles. The molecule has 0 rings (SSSR count). The molecule has 3 heteroatoms. The van der Waals surface area contributed by atoms with E-state index in [0.29, 0.717) is 0 Å². The van der Waals surface area contributed by atoms with E-state index in [-0.39, 0.29) is 5.57 Å². The molecule has 0 radical (unpaired) electrons. The Balaban J connectivity index is 4.13. The molecule has 0 N–H and O–H groups in total. The normalized spacial score (nSPS) is 10.0. The van der Waals surface area contributed by atoms with Gasteiger partial charge in [0.15, 0.2) is 0 Å². The van der Waals surface area contributed by atoms with E-state index in [1.165, 1.54) is 0 Å². The van der Waals surface area contributed by atoms with Crippen molar-refractivity contribution in [2.45, 2.75) is 26.4 Å². The summed E-state index contributed by atoms with van der Waals surface area (Å²) in [5.74, 6) is -0.653. The van der Waals surface area contributed by atoms with Gasteiger partial charge in [-0.3, -0.25) is 0 Å². The third-order valence-corrected chi connectivity index (χ3v) is 0.780. The van der Waals surface area contributed by atoms with Crippen LogP contribution >= 0.6 is 0 Å². The highest BCUT2D eigenvalue weighted by atomic mass is 16.6. The molecule has 0 fully saturated rings. The molecule has 0 spiro atoms. The molecule has 0 aromatic rings. The molecule has 0 bridgehead atoms. The van der Waals surface area contributed by atoms with Crippen molar-refractivity contribution in [2.24, 2.45) is 0 Å². The first-order chi connectivity index (χ1) is 4.87. The number of carbonyl (C=O) groups is 1. The maximum Gasteiger partial charge on any atom is 0.348 e. The number of carbonyl (C=O) groups excluding carboxylic acids is 1. The smallest absolute Gasteiger partial charge is 0.348 e. The van der Waals surface area contributed by atoms with Gasteiger partial charge in [-0.15, -0.1) is 0 Å². The van der Waals surface area contributed by atoms with Gasteiger partial charge in [0.05, 0.1) is 0 Å². The summed E-state index contributed by atoms with van der Waals surface area (Å²) >= 11 is 0. The second-order valence-corrected chi connectivity index (χ2v) is 3.09. The fraction of sp³-hybridized carbons (Fsp3) is 0.500. The van der Waals surface area contributed by atoms with Crippen LogP contribution in [0.15, 0.2) is 12.2 Å². The van der Waals surface area contributed by atoms with Crippen molar-refractivity contribution in [2.75, 3.05) is 0 Å². The zero-order chi connectivity index (χ0) is 9.07. The highest BCUT2D eigenvalue weighted by Gasteiger charge is 2.17. The lowest BCUT2D eigenvalue weighted by molar-refractivity contribution is -0.149. The summed E-state index contributed by atoms with van der Waals surface area (Å²) in [6.07, 6.45) is 0. The van der Waals surface area contributed by atoms with Crippen LogP contribution in [0.25, 0.3) is 0 Å². The molecule has 11 heavy (non-hydrogen) atoms. The van der Waals surface area contributed by atoms with Crippen LogP contribution in [0.4, 0.5) is 0 Å². The Hall–Kier alpha value is -1.30. The van der Waals surface area contributed by atoms with Gasteiger partial charge < -0.3 is 4.74 Å². The van der Waals surface area contributed by atoms with Gasteiger partial charge in [-0.25, -0.2) is 4.79 Å². The lowest BCUT2D eigenvalue weighted by Gasteiger charge is -2.18. The van der Waals surface area contributed by atoms with E-state index in [1.54, 1.807) is 26.8 Å². The number of rotatable bonds is 1. The highest BCUT2D eigenvalue weighted by Crippen LogP contribution is 2.09. The maximum absolute atomic E-state index is 10.8. The largest absolute Gasteiger partial charge is 0.456 e. The van der Waals surface area contributed by atoms with Gasteiger partial charge >= 0.3 is 5.97 Å². The maximum atomic E-state index is 10.8. The molecule has 60 valence electrons. The van der Waals surface area contributed by atoms with E-state index in [4.69, 9.17) is 10.00 Å². The third kappa shape index (κ3) is 4.15. The minimum atomic E-state index is -0.653. The predicted molar refractivity (Wildman–Crippen MR) is 40.6 cm³/mol. The molecule has 0 amide bonds. The Morgan fingerprint density at radius 3 is 2.27 bits per heavy atom. The van der Waals surface area contributed by atoms with Crippen LogP contribution in [0.5, 0.6) is 0 Å². The molecule has 0 saturated carbocycles. The van der Waals surface area contributed by atoms with Crippen LogP contribution in [-0.2, 0) is 9.53 Å². The van der Waals surface area contributed by atoms with Crippen molar-refractivity contribution in [1.29, 1.82) is 5.26 Å². The Morgan fingerprint density at radius 1 is 1.55 bits per heavy atom. The predicted octanol–water partition coefficient (Wildman–Crippen LogP) is 1.41. The van der Waals surface area contributed by atoms with Crippen molar-refractivity contribution in [3.05, 3.63) is 12.2 Å². The molecule has 0 aromatic heterocycles. The molecule has 0 saturated heterocycles. The number of hydrogen-bond acceptors (Lipinski definition) is 3. The number of nitrogens with zero attached hydrogens (tertiary/aromatic N) is 1. The van der Waals surface area contributed by atoms with Gasteiger partial charge in [0, 0.05) is 0 Å². The summed E-state index contributed by atoms with van der Waals surface area (Å²) in [5, 5.41) is 8.25. The first-order valence-electron chi connectivity index (χ1n) is 3.19. The topological polar surface area (TPSA) is 50.1 Å². The monoisotopic (exact) mass is 153 g/mol. The Labute approximate surface area is 66.3 Å². The minimum Gasteiger partial charge on any atom is -0.456 e. The molecule has 3 nitrogen and oxygen atoms in total. The zero-order valence-corrected chi connectivity index (χ0v) is 6.97. The summed E-state index contributed by atoms with van der Waals surface area (Å²) in [6, 6.07) is 1.62. The van der Waals surface area contributed by atoms with E-state index in [9.17, 15) is 4.79 Å². The fourth-order valence-corrected chi connectivity index (χ4v) is 0.385. The van der Waals surface area contributed by atoms with Crippen LogP contribution in [0, 0.1) is 11.3 Å². The van der Waals surface area contributed by atoms with Gasteiger partial charge in [-0.1, -0.05) is 6.58 Å². The minimum absolute atomic E-state index is 0.167. The van der Waals surface area contributed by atoms with E-state index >= 15 is 0 Å². The van der Waals surface area contributed by atoms with Gasteiger partial charge in [0.2, 0.25) is 0 Å². The SMILES string of the molecule is C=C(C#N)C(=O)OC(C)(C)C. The summed E-state index contributed by atoms with van der Waals surface area (Å²) in [4.78, 5) is 10.8. The van der Waals surface area contributed by atoms with E-state index in [0.717, 1.165) is 0 Å². The third-order valence-electron chi connectivity index (χ3n) is 0.780. The average molecular weight is 153 g/mol. The van der Waals surface area contributed by atoms with Crippen molar-refractivity contribution in [3.8, 4) is 6.07 Å². The number of hydrogen-bond donors (Lipinski definition) is 0. The highest BCUT2D eigenvalue weighted by molar-refractivity contribution is 5.92. The van der Waals surface area contributed by atoms with Crippen molar-refractivity contribution < 1.29 is 9.53 Å². The zero-order valence-electron chi connectivity index (χ0n) is 6.97. The summed E-state index contributed by atoms with van der Waals surface area (Å²) in [5.41, 5.74) is -0.725. The second-order valence-electron chi connectivity index (χ2n) is 3.09. The summed E-state index contributed by atoms with van der Waals surface area (Å²) < 4.78 is 4.83. The Kier molecular flexibility index (Phi) is 2.82. The molecular formula is C8H11NO2. The molecule has 0 aliphatic heterocycles. The van der Waals surface area contributed by atoms with Gasteiger partial charge in [0.25, 0.3) is 0 Å². The Bertz CT molecular complexity index is 217. The quantitative estimate of drug-likeness (QED) is 0.325. The molecule has 0 heterocycles. The standard InChI is InChI=1S/C8H11NO2/c1-6(5-9)7(10)11-8(2,3)4/h1H2,2-4H3. The van der Waals surface area contributed by atoms with Crippen LogP contribution in [0.1, 0.15) is 20.8 Å². The molecular weight excluding hydrogens is 142 g/mol. The number of esters is 1. The van der Waals surface area contributed by atoms with E-state index in [2.05, 4.69) is 6.58 Å². The molecule has 0 aromatic carbocycles. The van der Waals surface area contributed by atoms with Crippen LogP contribution in [0.3, 0.4) is 0 Å². The molecule has 0 unspecified atom stereocenters. The molecule has 0 aliphatic rings. The Morgan fingerprint density at radius 2 is 2.00 bits per heavy atom. The van der Waals surface area contributed by atoms with Crippen molar-refractivity contribution in [3.63, 3.8) is 0 Å². The second kappa shape index (κ2) is 3.20. The summed E-state index contributed by atoms with van der Waals surface area (Å²) in [6.45, 7) is 8.42. The lowest BCUT2D eigenvalue weighted by Crippen LogP contribution is -2.24. The average Bonchev–Trinajstić information content (AvgIpc) is 1.82. The van der Waals surface area contributed by atoms with Crippen molar-refractivity contribution in [1.82, 2.24) is 0 Å². The van der Waals surface area contributed by atoms with Crippen molar-refractivity contribution >= 4 is 5.97 Å². The first-order valence-corrected chi connectivity index (χ1v) is 3.19.